The smallest absolute Gasteiger partial charge is 0.387 e. The van der Waals surface area contributed by atoms with Gasteiger partial charge in [-0.1, -0.05) is 24.3 Å². The van der Waals surface area contributed by atoms with Crippen LogP contribution in [0.1, 0.15) is 25.3 Å². The number of allylic oxidation sites excluding steroid dienone is 1. The molecule has 0 aliphatic carbocycles. The maximum atomic E-state index is 13.5. The van der Waals surface area contributed by atoms with E-state index in [2.05, 4.69) is 27.1 Å². The number of halogens is 3. The van der Waals surface area contributed by atoms with Crippen molar-refractivity contribution in [3.8, 4) is 17.0 Å². The van der Waals surface area contributed by atoms with Crippen LogP contribution in [-0.4, -0.2) is 78.0 Å². The Morgan fingerprint density at radius 2 is 2.05 bits per heavy atom. The van der Waals surface area contributed by atoms with Crippen LogP contribution < -0.4 is 15.4 Å². The van der Waals surface area contributed by atoms with Crippen LogP contribution in [0.5, 0.6) is 5.75 Å². The van der Waals surface area contributed by atoms with E-state index in [0.717, 1.165) is 25.9 Å². The number of carbonyl (C=O) groups excluding carboxylic acids is 2. The predicted molar refractivity (Wildman–Crippen MR) is 154 cm³/mol. The van der Waals surface area contributed by atoms with Crippen LogP contribution in [0.25, 0.3) is 11.3 Å². The fourth-order valence-electron chi connectivity index (χ4n) is 4.72. The van der Waals surface area contributed by atoms with E-state index in [0.29, 0.717) is 18.8 Å². The average molecular weight is 588 g/mol. The summed E-state index contributed by atoms with van der Waals surface area (Å²) in [4.78, 5) is 33.3. The molecule has 4 rings (SSSR count). The fourth-order valence-corrected chi connectivity index (χ4v) is 4.90. The Balaban J connectivity index is 1.67. The van der Waals surface area contributed by atoms with Crippen molar-refractivity contribution in [2.75, 3.05) is 39.0 Å². The summed E-state index contributed by atoms with van der Waals surface area (Å²) in [5, 5.41) is 10.5. The molecule has 2 N–H and O–H groups in total. The number of aliphatic imine (C=N–C) groups is 1. The number of nitrogens with one attached hydrogen (secondary N) is 2. The van der Waals surface area contributed by atoms with E-state index in [9.17, 15) is 18.4 Å². The van der Waals surface area contributed by atoms with Crippen LogP contribution in [0, 0.1) is 0 Å². The number of hydrogen-bond donors (Lipinski definition) is 2. The molecule has 0 saturated carbocycles. The SMILES string of the molecule is C=C/C(C(=O)Nc1cn(C2CCN(CCC(=O)NC)CC2)nc1-c1cc(Cl)ccc1OC(F)F)=C1/N=CC=CN1C. The van der Waals surface area contributed by atoms with Crippen molar-refractivity contribution < 1.29 is 23.1 Å². The van der Waals surface area contributed by atoms with Gasteiger partial charge >= 0.3 is 6.61 Å². The lowest BCUT2D eigenvalue weighted by atomic mass is 10.1. The van der Waals surface area contributed by atoms with E-state index in [1.807, 2.05) is 0 Å². The second kappa shape index (κ2) is 13.6. The third-order valence-corrected chi connectivity index (χ3v) is 7.11. The quantitative estimate of drug-likeness (QED) is 0.398. The van der Waals surface area contributed by atoms with Crippen molar-refractivity contribution >= 4 is 35.3 Å². The highest BCUT2D eigenvalue weighted by Crippen LogP contribution is 2.38. The van der Waals surface area contributed by atoms with Crippen LogP contribution in [0.2, 0.25) is 5.02 Å². The molecule has 2 aliphatic rings. The highest BCUT2D eigenvalue weighted by atomic mass is 35.5. The minimum absolute atomic E-state index is 0.0115. The summed E-state index contributed by atoms with van der Waals surface area (Å²) >= 11 is 6.24. The van der Waals surface area contributed by atoms with Crippen molar-refractivity contribution in [1.82, 2.24) is 24.9 Å². The summed E-state index contributed by atoms with van der Waals surface area (Å²) < 4.78 is 33.0. The predicted octanol–water partition coefficient (Wildman–Crippen LogP) is 4.44. The highest BCUT2D eigenvalue weighted by Gasteiger charge is 2.26. The van der Waals surface area contributed by atoms with Gasteiger partial charge in [-0.15, -0.1) is 0 Å². The molecule has 218 valence electrons. The molecular formula is C28H32ClF2N7O3. The van der Waals surface area contributed by atoms with Crippen molar-refractivity contribution in [1.29, 1.82) is 0 Å². The minimum Gasteiger partial charge on any atom is -0.434 e. The molecule has 2 amide bonds. The molecular weight excluding hydrogens is 556 g/mol. The van der Waals surface area contributed by atoms with E-state index >= 15 is 0 Å². The molecule has 13 heteroatoms. The number of nitrogens with zero attached hydrogens (tertiary/aromatic N) is 5. The van der Waals surface area contributed by atoms with Crippen LogP contribution in [0.15, 0.2) is 65.7 Å². The van der Waals surface area contributed by atoms with Crippen molar-refractivity contribution in [3.05, 3.63) is 65.7 Å². The fraction of sp³-hybridized carbons (Fsp3) is 0.357. The molecule has 0 unspecified atom stereocenters. The maximum Gasteiger partial charge on any atom is 0.387 e. The number of aromatic nitrogens is 2. The molecule has 0 radical (unpaired) electrons. The molecule has 1 aromatic carbocycles. The molecule has 0 atom stereocenters. The Bertz CT molecular complexity index is 1380. The van der Waals surface area contributed by atoms with E-state index < -0.39 is 12.5 Å². The monoisotopic (exact) mass is 587 g/mol. The molecule has 1 saturated heterocycles. The van der Waals surface area contributed by atoms with Gasteiger partial charge in [0.15, 0.2) is 0 Å². The highest BCUT2D eigenvalue weighted by molar-refractivity contribution is 6.31. The summed E-state index contributed by atoms with van der Waals surface area (Å²) in [5.41, 5.74) is 0.938. The van der Waals surface area contributed by atoms with Gasteiger partial charge in [-0.05, 0) is 37.1 Å². The topological polar surface area (TPSA) is 104 Å². The van der Waals surface area contributed by atoms with Crippen molar-refractivity contribution in [3.63, 3.8) is 0 Å². The number of hydrogen-bond acceptors (Lipinski definition) is 7. The first-order valence-corrected chi connectivity index (χ1v) is 13.5. The average Bonchev–Trinajstić information content (AvgIpc) is 3.37. The second-order valence-corrected chi connectivity index (χ2v) is 9.95. The minimum atomic E-state index is -3.07. The second-order valence-electron chi connectivity index (χ2n) is 9.51. The van der Waals surface area contributed by atoms with Gasteiger partial charge in [0, 0.05) is 69.3 Å². The van der Waals surface area contributed by atoms with Crippen molar-refractivity contribution in [2.45, 2.75) is 31.9 Å². The van der Waals surface area contributed by atoms with E-state index in [-0.39, 0.29) is 45.2 Å². The summed E-state index contributed by atoms with van der Waals surface area (Å²) in [6.45, 7) is 2.86. The molecule has 0 spiro atoms. The summed E-state index contributed by atoms with van der Waals surface area (Å²) in [6, 6.07) is 4.23. The summed E-state index contributed by atoms with van der Waals surface area (Å²) in [5.74, 6) is -0.249. The Labute approximate surface area is 242 Å². The maximum absolute atomic E-state index is 13.5. The van der Waals surface area contributed by atoms with Gasteiger partial charge in [0.2, 0.25) is 5.91 Å². The lowest BCUT2D eigenvalue weighted by Crippen LogP contribution is -2.37. The zero-order valence-electron chi connectivity index (χ0n) is 22.8. The number of rotatable bonds is 10. The Hall–Kier alpha value is -4.03. The van der Waals surface area contributed by atoms with Crippen LogP contribution in [0.4, 0.5) is 14.5 Å². The summed E-state index contributed by atoms with van der Waals surface area (Å²) in [6.07, 6.45) is 10.0. The van der Waals surface area contributed by atoms with Gasteiger partial charge in [0.1, 0.15) is 17.3 Å². The largest absolute Gasteiger partial charge is 0.434 e. The Morgan fingerprint density at radius 1 is 1.29 bits per heavy atom. The summed E-state index contributed by atoms with van der Waals surface area (Å²) in [7, 11) is 3.37. The molecule has 2 aliphatic heterocycles. The standard InChI is InChI=1S/C28H32ClF2N7O3/c1-4-20(26-33-11-5-12-36(26)3)27(40)34-22-17-38(19-8-13-37(14-9-19)15-10-24(39)32-2)35-25(22)21-16-18(29)6-7-23(21)41-28(30)31/h4-7,11-12,16-17,19,28H,1,8-10,13-15H2,2-3H3,(H,32,39)(H,34,40)/b26-20+. The van der Waals surface area contributed by atoms with E-state index in [1.54, 1.807) is 48.4 Å². The van der Waals surface area contributed by atoms with Crippen LogP contribution in [-0.2, 0) is 9.59 Å². The lowest BCUT2D eigenvalue weighted by Gasteiger charge is -2.31. The number of benzene rings is 1. The zero-order valence-corrected chi connectivity index (χ0v) is 23.6. The number of carbonyl (C=O) groups is 2. The first-order valence-electron chi connectivity index (χ1n) is 13.1. The number of alkyl halides is 2. The third-order valence-electron chi connectivity index (χ3n) is 6.87. The van der Waals surface area contributed by atoms with Crippen molar-refractivity contribution in [2.24, 2.45) is 4.99 Å². The van der Waals surface area contributed by atoms with Gasteiger partial charge in [0.25, 0.3) is 5.91 Å². The van der Waals surface area contributed by atoms with Gasteiger partial charge in [-0.3, -0.25) is 14.3 Å². The number of piperidine rings is 1. The van der Waals surface area contributed by atoms with Gasteiger partial charge in [-0.2, -0.15) is 13.9 Å². The number of amides is 2. The Morgan fingerprint density at radius 3 is 2.71 bits per heavy atom. The van der Waals surface area contributed by atoms with Gasteiger partial charge < -0.3 is 25.2 Å². The van der Waals surface area contributed by atoms with E-state index in [4.69, 9.17) is 21.4 Å². The molecule has 1 aromatic heterocycles. The molecule has 3 heterocycles. The molecule has 41 heavy (non-hydrogen) atoms. The molecule has 10 nitrogen and oxygen atoms in total. The zero-order chi connectivity index (χ0) is 29.5. The molecule has 1 fully saturated rings. The number of anilines is 1. The molecule has 0 bridgehead atoms. The van der Waals surface area contributed by atoms with E-state index in [1.165, 1.54) is 24.3 Å². The number of likely N-dealkylation sites (tertiary alicyclic amines) is 1. The number of ether oxygens (including phenoxy) is 1. The lowest BCUT2D eigenvalue weighted by molar-refractivity contribution is -0.121. The first-order chi connectivity index (χ1) is 19.7. The van der Waals surface area contributed by atoms with Crippen LogP contribution in [0.3, 0.4) is 0 Å². The van der Waals surface area contributed by atoms with Crippen LogP contribution >= 0.6 is 11.6 Å². The Kier molecular flexibility index (Phi) is 9.90. The third kappa shape index (κ3) is 7.39. The van der Waals surface area contributed by atoms with Gasteiger partial charge in [-0.25, -0.2) is 4.99 Å². The van der Waals surface area contributed by atoms with Gasteiger partial charge in [0.05, 0.1) is 17.3 Å². The first kappa shape index (κ1) is 29.9. The normalized spacial score (nSPS) is 17.1. The molecule has 2 aromatic rings.